The first-order chi connectivity index (χ1) is 18.3. The molecule has 2 heterocycles. The van der Waals surface area contributed by atoms with Gasteiger partial charge in [0.05, 0.1) is 12.2 Å². The minimum Gasteiger partial charge on any atom is -0.462 e. The van der Waals surface area contributed by atoms with Crippen LogP contribution in [0.3, 0.4) is 0 Å². The van der Waals surface area contributed by atoms with Gasteiger partial charge >= 0.3 is 11.9 Å². The first-order valence-electron chi connectivity index (χ1n) is 14.1. The molecule has 10 unspecified atom stereocenters. The summed E-state index contributed by atoms with van der Waals surface area (Å²) in [6.45, 7) is 11.7. The quantitative estimate of drug-likeness (QED) is 0.447. The van der Waals surface area contributed by atoms with Crippen LogP contribution in [0.1, 0.15) is 62.4 Å². The number of aliphatic hydroxyl groups is 2. The molecule has 0 aromatic heterocycles. The van der Waals surface area contributed by atoms with Gasteiger partial charge in [-0.15, -0.1) is 0 Å². The van der Waals surface area contributed by atoms with E-state index in [1.54, 1.807) is 24.3 Å². The number of hydrogen-bond donors (Lipinski definition) is 2. The van der Waals surface area contributed by atoms with E-state index in [9.17, 15) is 24.6 Å². The number of esters is 2. The molecular formula is C31H36O8. The van der Waals surface area contributed by atoms with Crippen LogP contribution in [-0.4, -0.2) is 58.1 Å². The fraction of sp³-hybridized carbons (Fsp3) is 0.645. The van der Waals surface area contributed by atoms with E-state index in [4.69, 9.17) is 14.2 Å². The molecule has 5 aliphatic carbocycles. The summed E-state index contributed by atoms with van der Waals surface area (Å²) in [4.78, 5) is 40.2. The summed E-state index contributed by atoms with van der Waals surface area (Å²) in [5.74, 6) is -5.21. The number of ketones is 1. The zero-order chi connectivity index (χ0) is 27.9. The van der Waals surface area contributed by atoms with Gasteiger partial charge in [-0.2, -0.15) is 0 Å². The summed E-state index contributed by atoms with van der Waals surface area (Å²) >= 11 is 0. The van der Waals surface area contributed by atoms with Crippen LogP contribution in [0.5, 0.6) is 0 Å². The van der Waals surface area contributed by atoms with Crippen molar-refractivity contribution in [2.75, 3.05) is 6.61 Å². The molecule has 10 atom stereocenters. The molecule has 8 nitrogen and oxygen atoms in total. The van der Waals surface area contributed by atoms with Crippen LogP contribution in [0.4, 0.5) is 0 Å². The highest BCUT2D eigenvalue weighted by Gasteiger charge is 2.97. The highest BCUT2D eigenvalue weighted by Crippen LogP contribution is 2.85. The van der Waals surface area contributed by atoms with Gasteiger partial charge in [-0.1, -0.05) is 38.1 Å². The summed E-state index contributed by atoms with van der Waals surface area (Å²) < 4.78 is 18.2. The van der Waals surface area contributed by atoms with Crippen LogP contribution in [0.25, 0.3) is 0 Å². The van der Waals surface area contributed by atoms with E-state index < -0.39 is 75.3 Å². The van der Waals surface area contributed by atoms with E-state index in [2.05, 4.69) is 20.4 Å². The molecule has 2 N–H and O–H groups in total. The van der Waals surface area contributed by atoms with Crippen LogP contribution < -0.4 is 0 Å². The second-order valence-electron chi connectivity index (χ2n) is 13.6. The van der Waals surface area contributed by atoms with E-state index in [0.29, 0.717) is 36.8 Å². The SMILES string of the molecule is C=C1C2CCC3C45COC(O)(C(O)C4C(C)(C)CCC5OC(C)=O)C34C(=O)C1(OC(=O)c1ccc(C)cc1)C24. The first-order valence-corrected chi connectivity index (χ1v) is 14.1. The van der Waals surface area contributed by atoms with Crippen molar-refractivity contribution in [1.82, 2.24) is 0 Å². The fourth-order valence-corrected chi connectivity index (χ4v) is 10.4. The molecule has 2 saturated heterocycles. The zero-order valence-corrected chi connectivity index (χ0v) is 22.9. The predicted molar refractivity (Wildman–Crippen MR) is 137 cm³/mol. The molecule has 5 saturated carbocycles. The Morgan fingerprint density at radius 1 is 1.10 bits per heavy atom. The monoisotopic (exact) mass is 536 g/mol. The second-order valence-corrected chi connectivity index (χ2v) is 13.6. The Morgan fingerprint density at radius 2 is 1.79 bits per heavy atom. The number of ether oxygens (including phenoxy) is 3. The van der Waals surface area contributed by atoms with Crippen LogP contribution in [0.15, 0.2) is 36.4 Å². The Balaban J connectivity index is 1.36. The van der Waals surface area contributed by atoms with Gasteiger partial charge in [0.1, 0.15) is 17.6 Å². The third kappa shape index (κ3) is 2.52. The van der Waals surface area contributed by atoms with Gasteiger partial charge in [0.25, 0.3) is 0 Å². The molecule has 7 aliphatic rings. The molecular weight excluding hydrogens is 500 g/mol. The minimum atomic E-state index is -2.14. The lowest BCUT2D eigenvalue weighted by Gasteiger charge is -2.84. The average molecular weight is 537 g/mol. The maximum atomic E-state index is 14.6. The van der Waals surface area contributed by atoms with E-state index in [-0.39, 0.29) is 12.5 Å². The van der Waals surface area contributed by atoms with Crippen molar-refractivity contribution in [3.05, 3.63) is 47.5 Å². The Kier molecular flexibility index (Phi) is 4.82. The lowest BCUT2D eigenvalue weighted by atomic mass is 9.21. The Hall–Kier alpha value is -2.55. The van der Waals surface area contributed by atoms with Crippen molar-refractivity contribution in [3.8, 4) is 0 Å². The molecule has 0 amide bonds. The van der Waals surface area contributed by atoms with Crippen LogP contribution in [-0.2, 0) is 23.8 Å². The van der Waals surface area contributed by atoms with Gasteiger partial charge in [-0.25, -0.2) is 4.79 Å². The molecule has 1 aromatic rings. The van der Waals surface area contributed by atoms with Gasteiger partial charge in [0.15, 0.2) is 11.4 Å². The number of aliphatic hydroxyl groups excluding tert-OH is 1. The van der Waals surface area contributed by atoms with E-state index in [1.807, 2.05) is 6.92 Å². The molecule has 0 radical (unpaired) electrons. The lowest BCUT2D eigenvalue weighted by molar-refractivity contribution is -0.483. The lowest BCUT2D eigenvalue weighted by Crippen LogP contribution is -2.97. The molecule has 39 heavy (non-hydrogen) atoms. The van der Waals surface area contributed by atoms with Gasteiger partial charge in [-0.3, -0.25) is 9.59 Å². The first kappa shape index (κ1) is 25.4. The van der Waals surface area contributed by atoms with E-state index in [0.717, 1.165) is 5.56 Å². The molecule has 8 rings (SSSR count). The highest BCUT2D eigenvalue weighted by molar-refractivity contribution is 6.10. The third-order valence-electron chi connectivity index (χ3n) is 11.7. The molecule has 2 spiro atoms. The van der Waals surface area contributed by atoms with Crippen molar-refractivity contribution >= 4 is 17.7 Å². The maximum Gasteiger partial charge on any atom is 0.339 e. The summed E-state index contributed by atoms with van der Waals surface area (Å²) in [6, 6.07) is 6.94. The fourth-order valence-electron chi connectivity index (χ4n) is 10.4. The number of carbonyl (C=O) groups excluding carboxylic acids is 3. The molecule has 2 bridgehead atoms. The van der Waals surface area contributed by atoms with Crippen molar-refractivity contribution < 1.29 is 38.8 Å². The normalized spacial score (nSPS) is 48.1. The molecule has 7 fully saturated rings. The number of hydrogen-bond acceptors (Lipinski definition) is 8. The van der Waals surface area contributed by atoms with Crippen molar-refractivity contribution in [2.45, 2.75) is 77.0 Å². The van der Waals surface area contributed by atoms with Crippen LogP contribution in [0, 0.1) is 46.8 Å². The summed E-state index contributed by atoms with van der Waals surface area (Å²) in [6.07, 6.45) is 0.633. The summed E-state index contributed by atoms with van der Waals surface area (Å²) in [7, 11) is 0. The van der Waals surface area contributed by atoms with Gasteiger partial charge in [0.2, 0.25) is 5.79 Å². The predicted octanol–water partition coefficient (Wildman–Crippen LogP) is 3.12. The molecule has 8 heteroatoms. The number of carbonyl (C=O) groups is 3. The standard InChI is InChI=1S/C31H36O8/c1-15-6-8-18(9-7-15)25(34)39-30-16(2)19-10-11-20-28-14-37-31(36,29(20,22(19)30)26(30)35)24(33)23(28)27(4,5)13-12-21(28)38-17(3)32/h6-9,19-24,33,36H,2,10-14H2,1,3-5H3. The van der Waals surface area contributed by atoms with E-state index in [1.165, 1.54) is 6.92 Å². The second kappa shape index (κ2) is 7.39. The van der Waals surface area contributed by atoms with Crippen molar-refractivity contribution in [2.24, 2.45) is 39.9 Å². The van der Waals surface area contributed by atoms with Crippen molar-refractivity contribution in [3.63, 3.8) is 0 Å². The summed E-state index contributed by atoms with van der Waals surface area (Å²) in [5.41, 5.74) is -2.42. The van der Waals surface area contributed by atoms with Crippen LogP contribution >= 0.6 is 0 Å². The van der Waals surface area contributed by atoms with Gasteiger partial charge in [0, 0.05) is 24.2 Å². The number of fused-ring (bicyclic) bond motifs is 1. The Bertz CT molecular complexity index is 1330. The van der Waals surface area contributed by atoms with Crippen molar-refractivity contribution in [1.29, 1.82) is 0 Å². The highest BCUT2D eigenvalue weighted by atomic mass is 16.6. The largest absolute Gasteiger partial charge is 0.462 e. The zero-order valence-electron chi connectivity index (χ0n) is 22.9. The Morgan fingerprint density at radius 3 is 2.46 bits per heavy atom. The average Bonchev–Trinajstić information content (AvgIpc) is 2.88. The number of rotatable bonds is 3. The van der Waals surface area contributed by atoms with E-state index >= 15 is 0 Å². The summed E-state index contributed by atoms with van der Waals surface area (Å²) in [5, 5.41) is 24.3. The third-order valence-corrected chi connectivity index (χ3v) is 11.7. The molecule has 208 valence electrons. The number of benzene rings is 1. The molecule has 1 aromatic carbocycles. The number of aryl methyl sites for hydroxylation is 1. The smallest absolute Gasteiger partial charge is 0.339 e. The topological polar surface area (TPSA) is 119 Å². The van der Waals surface area contributed by atoms with Gasteiger partial charge < -0.3 is 24.4 Å². The molecule has 2 aliphatic heterocycles. The maximum absolute atomic E-state index is 14.6. The van der Waals surface area contributed by atoms with Crippen LogP contribution in [0.2, 0.25) is 0 Å². The minimum absolute atomic E-state index is 0.0841. The number of Topliss-reactive ketones (excluding diaryl/α,β-unsaturated/α-hetero) is 1. The van der Waals surface area contributed by atoms with Gasteiger partial charge in [-0.05, 0) is 67.6 Å². The Labute approximate surface area is 227 Å².